The first-order valence-corrected chi connectivity index (χ1v) is 8.65. The Labute approximate surface area is 146 Å². The number of benzene rings is 1. The van der Waals surface area contributed by atoms with Crippen molar-refractivity contribution in [3.05, 3.63) is 60.4 Å². The van der Waals surface area contributed by atoms with Gasteiger partial charge in [-0.2, -0.15) is 4.98 Å². The smallest absolute Gasteiger partial charge is 0.263 e. The second-order valence-corrected chi connectivity index (χ2v) is 6.30. The van der Waals surface area contributed by atoms with Crippen molar-refractivity contribution in [2.24, 2.45) is 0 Å². The Morgan fingerprint density at radius 3 is 2.60 bits per heavy atom. The summed E-state index contributed by atoms with van der Waals surface area (Å²) in [5, 5.41) is 7.45. The number of pyridine rings is 1. The fraction of sp³-hybridized carbons (Fsp3) is 0.316. The van der Waals surface area contributed by atoms with Gasteiger partial charge in [0, 0.05) is 37.4 Å². The van der Waals surface area contributed by atoms with Gasteiger partial charge in [-0.1, -0.05) is 24.3 Å². The summed E-state index contributed by atoms with van der Waals surface area (Å²) in [6, 6.07) is 16.3. The first-order valence-electron chi connectivity index (χ1n) is 8.65. The highest BCUT2D eigenvalue weighted by Gasteiger charge is 2.21. The van der Waals surface area contributed by atoms with Crippen molar-refractivity contribution in [3.63, 3.8) is 0 Å². The monoisotopic (exact) mass is 335 g/mol. The molecule has 0 atom stereocenters. The van der Waals surface area contributed by atoms with Gasteiger partial charge in [0.05, 0.1) is 5.69 Å². The highest BCUT2D eigenvalue weighted by atomic mass is 16.5. The van der Waals surface area contributed by atoms with E-state index in [9.17, 15) is 0 Å². The molecule has 0 saturated carbocycles. The molecule has 1 fully saturated rings. The van der Waals surface area contributed by atoms with E-state index in [1.165, 1.54) is 0 Å². The van der Waals surface area contributed by atoms with E-state index in [1.54, 1.807) is 0 Å². The quantitative estimate of drug-likeness (QED) is 0.772. The van der Waals surface area contributed by atoms with Gasteiger partial charge in [-0.15, -0.1) is 0 Å². The molecule has 0 radical (unpaired) electrons. The molecule has 1 aliphatic rings. The topological polar surface area (TPSA) is 67.1 Å². The number of rotatable bonds is 5. The molecule has 2 aromatic heterocycles. The second kappa shape index (κ2) is 7.44. The predicted molar refractivity (Wildman–Crippen MR) is 95.9 cm³/mol. The van der Waals surface area contributed by atoms with Crippen LogP contribution in [0.25, 0.3) is 11.5 Å². The average molecular weight is 335 g/mol. The van der Waals surface area contributed by atoms with Crippen LogP contribution in [0.15, 0.2) is 59.3 Å². The Morgan fingerprint density at radius 2 is 1.84 bits per heavy atom. The number of anilines is 1. The number of hydrogen-bond acceptors (Lipinski definition) is 6. The highest BCUT2D eigenvalue weighted by molar-refractivity contribution is 5.53. The molecule has 3 aromatic rings. The summed E-state index contributed by atoms with van der Waals surface area (Å²) in [6.07, 6.45) is 3.97. The van der Waals surface area contributed by atoms with E-state index in [0.717, 1.165) is 43.7 Å². The minimum Gasteiger partial charge on any atom is -0.349 e. The average Bonchev–Trinajstić information content (AvgIpc) is 3.14. The van der Waals surface area contributed by atoms with Crippen LogP contribution < -0.4 is 5.32 Å². The van der Waals surface area contributed by atoms with Crippen molar-refractivity contribution < 1.29 is 4.52 Å². The van der Waals surface area contributed by atoms with E-state index in [1.807, 2.05) is 48.7 Å². The summed E-state index contributed by atoms with van der Waals surface area (Å²) in [5.74, 6) is 1.12. The zero-order valence-corrected chi connectivity index (χ0v) is 14.0. The zero-order chi connectivity index (χ0) is 16.9. The molecule has 1 aromatic carbocycles. The van der Waals surface area contributed by atoms with E-state index < -0.39 is 0 Å². The third-order valence-electron chi connectivity index (χ3n) is 4.48. The van der Waals surface area contributed by atoms with Crippen LogP contribution in [0.5, 0.6) is 0 Å². The van der Waals surface area contributed by atoms with Crippen molar-refractivity contribution in [1.82, 2.24) is 20.0 Å². The van der Waals surface area contributed by atoms with Gasteiger partial charge in [0.15, 0.2) is 0 Å². The molecule has 6 heteroatoms. The van der Waals surface area contributed by atoms with Crippen LogP contribution in [-0.2, 0) is 6.54 Å². The van der Waals surface area contributed by atoms with Crippen molar-refractivity contribution in [3.8, 4) is 11.5 Å². The molecular formula is C19H21N5O. The Kier molecular flexibility index (Phi) is 4.70. The van der Waals surface area contributed by atoms with Crippen molar-refractivity contribution in [2.45, 2.75) is 25.4 Å². The van der Waals surface area contributed by atoms with Crippen molar-refractivity contribution in [2.75, 3.05) is 18.4 Å². The van der Waals surface area contributed by atoms with Gasteiger partial charge in [-0.05, 0) is 42.3 Å². The zero-order valence-electron chi connectivity index (χ0n) is 14.0. The van der Waals surface area contributed by atoms with E-state index in [-0.39, 0.29) is 0 Å². The molecule has 0 spiro atoms. The van der Waals surface area contributed by atoms with Crippen LogP contribution >= 0.6 is 0 Å². The van der Waals surface area contributed by atoms with Gasteiger partial charge in [0.2, 0.25) is 0 Å². The lowest BCUT2D eigenvalue weighted by Gasteiger charge is -2.31. The molecule has 0 bridgehead atoms. The van der Waals surface area contributed by atoms with Crippen LogP contribution in [0.4, 0.5) is 5.95 Å². The fourth-order valence-corrected chi connectivity index (χ4v) is 3.12. The first kappa shape index (κ1) is 15.8. The predicted octanol–water partition coefficient (Wildman–Crippen LogP) is 3.21. The van der Waals surface area contributed by atoms with Gasteiger partial charge >= 0.3 is 0 Å². The van der Waals surface area contributed by atoms with Crippen LogP contribution in [0.1, 0.15) is 18.5 Å². The summed E-state index contributed by atoms with van der Waals surface area (Å²) < 4.78 is 5.35. The molecule has 3 heterocycles. The van der Waals surface area contributed by atoms with Gasteiger partial charge in [-0.25, -0.2) is 0 Å². The van der Waals surface area contributed by atoms with Crippen LogP contribution in [-0.4, -0.2) is 39.2 Å². The third kappa shape index (κ3) is 4.03. The van der Waals surface area contributed by atoms with Crippen molar-refractivity contribution >= 4 is 5.95 Å². The van der Waals surface area contributed by atoms with E-state index >= 15 is 0 Å². The lowest BCUT2D eigenvalue weighted by atomic mass is 10.1. The van der Waals surface area contributed by atoms with Gasteiger partial charge in [0.25, 0.3) is 11.8 Å². The maximum atomic E-state index is 5.35. The largest absolute Gasteiger partial charge is 0.349 e. The van der Waals surface area contributed by atoms with Crippen LogP contribution in [0, 0.1) is 0 Å². The van der Waals surface area contributed by atoms with Crippen LogP contribution in [0.2, 0.25) is 0 Å². The van der Waals surface area contributed by atoms with E-state index in [4.69, 9.17) is 4.52 Å². The number of piperidine rings is 1. The summed E-state index contributed by atoms with van der Waals surface area (Å²) >= 11 is 0. The molecule has 0 aliphatic carbocycles. The van der Waals surface area contributed by atoms with Gasteiger partial charge in [0.1, 0.15) is 0 Å². The number of nitrogens with zero attached hydrogens (tertiary/aromatic N) is 4. The molecule has 128 valence electrons. The van der Waals surface area contributed by atoms with E-state index in [0.29, 0.717) is 17.9 Å². The summed E-state index contributed by atoms with van der Waals surface area (Å²) in [5.41, 5.74) is 2.06. The number of hydrogen-bond donors (Lipinski definition) is 1. The normalized spacial score (nSPS) is 16.0. The third-order valence-corrected chi connectivity index (χ3v) is 4.48. The maximum Gasteiger partial charge on any atom is 0.263 e. The SMILES string of the molecule is c1ccc(-c2nc(NC3CCN(Cc4ccccn4)CC3)no2)cc1. The Balaban J connectivity index is 1.30. The molecule has 0 unspecified atom stereocenters. The maximum absolute atomic E-state index is 5.35. The minimum absolute atomic E-state index is 0.376. The molecular weight excluding hydrogens is 314 g/mol. The van der Waals surface area contributed by atoms with Gasteiger partial charge in [-0.3, -0.25) is 9.88 Å². The molecule has 1 N–H and O–H groups in total. The lowest BCUT2D eigenvalue weighted by Crippen LogP contribution is -2.39. The van der Waals surface area contributed by atoms with E-state index in [2.05, 4.69) is 31.4 Å². The standard InChI is InChI=1S/C19H21N5O/c1-2-6-15(7-3-1)18-22-19(23-25-18)21-16-9-12-24(13-10-16)14-17-8-4-5-11-20-17/h1-8,11,16H,9-10,12-14H2,(H,21,23). The fourth-order valence-electron chi connectivity index (χ4n) is 3.12. The summed E-state index contributed by atoms with van der Waals surface area (Å²) in [6.45, 7) is 2.99. The first-order chi connectivity index (χ1) is 12.4. The van der Waals surface area contributed by atoms with Crippen molar-refractivity contribution in [1.29, 1.82) is 0 Å². The highest BCUT2D eigenvalue weighted by Crippen LogP contribution is 2.20. The van der Waals surface area contributed by atoms with Crippen LogP contribution in [0.3, 0.4) is 0 Å². The molecule has 0 amide bonds. The Hall–Kier alpha value is -2.73. The molecule has 6 nitrogen and oxygen atoms in total. The lowest BCUT2D eigenvalue weighted by molar-refractivity contribution is 0.208. The number of likely N-dealkylation sites (tertiary alicyclic amines) is 1. The molecule has 4 rings (SSSR count). The Bertz CT molecular complexity index is 782. The minimum atomic E-state index is 0.376. The molecule has 1 saturated heterocycles. The molecule has 25 heavy (non-hydrogen) atoms. The summed E-state index contributed by atoms with van der Waals surface area (Å²) in [4.78, 5) is 11.3. The van der Waals surface area contributed by atoms with Gasteiger partial charge < -0.3 is 9.84 Å². The second-order valence-electron chi connectivity index (χ2n) is 6.30. The Morgan fingerprint density at radius 1 is 1.04 bits per heavy atom. The number of aromatic nitrogens is 3. The number of nitrogens with one attached hydrogen (secondary N) is 1. The summed E-state index contributed by atoms with van der Waals surface area (Å²) in [7, 11) is 0. The molecule has 1 aliphatic heterocycles.